The zero-order chi connectivity index (χ0) is 19.4. The maximum absolute atomic E-state index is 12.2. The van der Waals surface area contributed by atoms with Crippen molar-refractivity contribution in [3.05, 3.63) is 24.2 Å². The number of aromatic nitrogens is 3. The maximum Gasteiger partial charge on any atom is 0.410 e. The molecule has 1 atom stereocenters. The molecule has 1 unspecified atom stereocenters. The van der Waals surface area contributed by atoms with Gasteiger partial charge in [-0.25, -0.2) is 14.3 Å². The van der Waals surface area contributed by atoms with Crippen LogP contribution in [0.5, 0.6) is 0 Å². The molecule has 0 spiro atoms. The van der Waals surface area contributed by atoms with Crippen molar-refractivity contribution in [3.8, 4) is 0 Å². The summed E-state index contributed by atoms with van der Waals surface area (Å²) >= 11 is 1.58. The molecule has 0 aromatic carbocycles. The van der Waals surface area contributed by atoms with Crippen molar-refractivity contribution >= 4 is 23.4 Å². The van der Waals surface area contributed by atoms with Gasteiger partial charge in [-0.3, -0.25) is 0 Å². The van der Waals surface area contributed by atoms with E-state index in [2.05, 4.69) is 10.1 Å². The van der Waals surface area contributed by atoms with Crippen molar-refractivity contribution in [2.24, 2.45) is 0 Å². The highest BCUT2D eigenvalue weighted by Gasteiger charge is 2.28. The lowest BCUT2D eigenvalue weighted by atomic mass is 10.2. The third-order valence-corrected chi connectivity index (χ3v) is 4.73. The number of morpholine rings is 1. The van der Waals surface area contributed by atoms with Crippen LogP contribution in [0.2, 0.25) is 0 Å². The van der Waals surface area contributed by atoms with Crippen LogP contribution in [0.15, 0.2) is 23.6 Å². The lowest BCUT2D eigenvalue weighted by Gasteiger charge is -2.34. The van der Waals surface area contributed by atoms with Crippen molar-refractivity contribution in [2.45, 2.75) is 44.1 Å². The number of carbonyl (C=O) groups is 1. The molecule has 1 fully saturated rings. The first kappa shape index (κ1) is 19.9. The van der Waals surface area contributed by atoms with Crippen molar-refractivity contribution < 1.29 is 19.0 Å². The first-order chi connectivity index (χ1) is 12.9. The third-order valence-electron chi connectivity index (χ3n) is 4.05. The van der Waals surface area contributed by atoms with Crippen LogP contribution in [0.25, 0.3) is 5.52 Å². The Labute approximate surface area is 163 Å². The fraction of sp³-hybridized carbons (Fsp3) is 0.611. The van der Waals surface area contributed by atoms with Crippen LogP contribution in [0.4, 0.5) is 4.79 Å². The molecule has 1 aliphatic rings. The number of carbonyl (C=O) groups excluding carboxylic acids is 1. The summed E-state index contributed by atoms with van der Waals surface area (Å²) in [5.41, 5.74) is 1.49. The van der Waals surface area contributed by atoms with E-state index in [1.165, 1.54) is 0 Å². The Hall–Kier alpha value is -1.84. The summed E-state index contributed by atoms with van der Waals surface area (Å²) in [6.07, 6.45) is 4.95. The summed E-state index contributed by atoms with van der Waals surface area (Å²) in [5.74, 6) is 0. The van der Waals surface area contributed by atoms with Gasteiger partial charge in [-0.1, -0.05) is 0 Å². The monoisotopic (exact) mass is 394 g/mol. The summed E-state index contributed by atoms with van der Waals surface area (Å²) in [6.45, 7) is 7.90. The highest BCUT2D eigenvalue weighted by atomic mass is 32.2. The summed E-state index contributed by atoms with van der Waals surface area (Å²) in [7, 11) is 0. The van der Waals surface area contributed by atoms with Crippen LogP contribution in [0, 0.1) is 0 Å². The van der Waals surface area contributed by atoms with Gasteiger partial charge in [-0.05, 0) is 33.1 Å². The molecule has 2 aromatic rings. The highest BCUT2D eigenvalue weighted by Crippen LogP contribution is 2.23. The predicted molar refractivity (Wildman–Crippen MR) is 102 cm³/mol. The summed E-state index contributed by atoms with van der Waals surface area (Å²) in [4.78, 5) is 18.2. The Bertz CT molecular complexity index is 789. The molecule has 8 nitrogen and oxygen atoms in total. The average molecular weight is 394 g/mol. The zero-order valence-electron chi connectivity index (χ0n) is 16.2. The Balaban J connectivity index is 1.54. The predicted octanol–water partition coefficient (Wildman–Crippen LogP) is 2.60. The van der Waals surface area contributed by atoms with E-state index in [0.29, 0.717) is 32.9 Å². The lowest BCUT2D eigenvalue weighted by Crippen LogP contribution is -2.48. The van der Waals surface area contributed by atoms with Crippen molar-refractivity contribution in [3.63, 3.8) is 0 Å². The maximum atomic E-state index is 12.2. The standard InChI is InChI=1S/C18H26N4O4S/c1-18(2,3)26-17(23)21-7-8-25-14(9-21)11-24-10-13-5-6-22-15(13)16(27-4)19-12-20-22/h5-6,12,14H,7-11H2,1-4H3. The minimum atomic E-state index is -0.505. The molecule has 1 amide bonds. The molecule has 0 radical (unpaired) electrons. The molecule has 27 heavy (non-hydrogen) atoms. The first-order valence-electron chi connectivity index (χ1n) is 8.90. The summed E-state index contributed by atoms with van der Waals surface area (Å²) in [5, 5.41) is 5.14. The van der Waals surface area contributed by atoms with Crippen LogP contribution < -0.4 is 0 Å². The summed E-state index contributed by atoms with van der Waals surface area (Å²) < 4.78 is 18.8. The number of thioether (sulfide) groups is 1. The van der Waals surface area contributed by atoms with Crippen molar-refractivity contribution in [1.29, 1.82) is 0 Å². The molecule has 9 heteroatoms. The fourth-order valence-electron chi connectivity index (χ4n) is 2.87. The number of fused-ring (bicyclic) bond motifs is 1. The van der Waals surface area contributed by atoms with Crippen LogP contribution in [0.1, 0.15) is 26.3 Å². The van der Waals surface area contributed by atoms with Crippen LogP contribution in [-0.2, 0) is 20.8 Å². The Morgan fingerprint density at radius 3 is 3.00 bits per heavy atom. The minimum absolute atomic E-state index is 0.170. The number of amides is 1. The third kappa shape index (κ3) is 5.12. The van der Waals surface area contributed by atoms with Gasteiger partial charge in [0.1, 0.15) is 22.5 Å². The van der Waals surface area contributed by atoms with Crippen molar-refractivity contribution in [2.75, 3.05) is 32.6 Å². The average Bonchev–Trinajstić information content (AvgIpc) is 3.04. The van der Waals surface area contributed by atoms with E-state index in [4.69, 9.17) is 14.2 Å². The second kappa shape index (κ2) is 8.45. The topological polar surface area (TPSA) is 78.2 Å². The lowest BCUT2D eigenvalue weighted by molar-refractivity contribution is -0.0749. The van der Waals surface area contributed by atoms with E-state index in [-0.39, 0.29) is 12.2 Å². The zero-order valence-corrected chi connectivity index (χ0v) is 17.0. The molecule has 3 heterocycles. The number of nitrogens with zero attached hydrogens (tertiary/aromatic N) is 4. The number of rotatable bonds is 5. The van der Waals surface area contributed by atoms with Crippen LogP contribution in [-0.4, -0.2) is 69.9 Å². The molecule has 1 saturated heterocycles. The molecule has 0 aliphatic carbocycles. The molecular formula is C18H26N4O4S. The first-order valence-corrected chi connectivity index (χ1v) is 10.1. The highest BCUT2D eigenvalue weighted by molar-refractivity contribution is 7.98. The Kier molecular flexibility index (Phi) is 6.23. The fourth-order valence-corrected chi connectivity index (χ4v) is 3.44. The van der Waals surface area contributed by atoms with Gasteiger partial charge in [0.15, 0.2) is 0 Å². The van der Waals surface area contributed by atoms with Gasteiger partial charge in [0, 0.05) is 18.3 Å². The second-order valence-corrected chi connectivity index (χ2v) is 8.13. The summed E-state index contributed by atoms with van der Waals surface area (Å²) in [6, 6.07) is 1.98. The van der Waals surface area contributed by atoms with Crippen LogP contribution >= 0.6 is 11.8 Å². The number of hydrogen-bond donors (Lipinski definition) is 0. The van der Waals surface area contributed by atoms with E-state index in [0.717, 1.165) is 16.1 Å². The minimum Gasteiger partial charge on any atom is -0.444 e. The van der Waals surface area contributed by atoms with Gasteiger partial charge in [-0.2, -0.15) is 5.10 Å². The van der Waals surface area contributed by atoms with Gasteiger partial charge in [-0.15, -0.1) is 11.8 Å². The quantitative estimate of drug-likeness (QED) is 0.721. The molecule has 1 aliphatic heterocycles. The number of ether oxygens (including phenoxy) is 3. The van der Waals surface area contributed by atoms with Gasteiger partial charge in [0.05, 0.1) is 32.5 Å². The molecule has 0 saturated carbocycles. The van der Waals surface area contributed by atoms with Gasteiger partial charge in [0.25, 0.3) is 0 Å². The molecule has 148 valence electrons. The van der Waals surface area contributed by atoms with E-state index in [1.54, 1.807) is 27.5 Å². The van der Waals surface area contributed by atoms with E-state index in [1.807, 2.05) is 39.3 Å². The SMILES string of the molecule is CSc1ncnn2ccc(COCC3CN(C(=O)OC(C)(C)C)CCO3)c12. The Morgan fingerprint density at radius 1 is 1.44 bits per heavy atom. The molecule has 0 N–H and O–H groups in total. The van der Waals surface area contributed by atoms with E-state index < -0.39 is 5.60 Å². The van der Waals surface area contributed by atoms with Gasteiger partial charge < -0.3 is 19.1 Å². The normalized spacial score (nSPS) is 18.1. The van der Waals surface area contributed by atoms with E-state index >= 15 is 0 Å². The van der Waals surface area contributed by atoms with Crippen LogP contribution in [0.3, 0.4) is 0 Å². The molecule has 3 rings (SSSR count). The molecule has 0 bridgehead atoms. The van der Waals surface area contributed by atoms with E-state index in [9.17, 15) is 4.79 Å². The second-order valence-electron chi connectivity index (χ2n) is 7.34. The Morgan fingerprint density at radius 2 is 2.26 bits per heavy atom. The smallest absolute Gasteiger partial charge is 0.410 e. The largest absolute Gasteiger partial charge is 0.444 e. The molecule has 2 aromatic heterocycles. The van der Waals surface area contributed by atoms with Gasteiger partial charge in [0.2, 0.25) is 0 Å². The van der Waals surface area contributed by atoms with Gasteiger partial charge >= 0.3 is 6.09 Å². The number of hydrogen-bond acceptors (Lipinski definition) is 7. The molecular weight excluding hydrogens is 368 g/mol. The van der Waals surface area contributed by atoms with Crippen molar-refractivity contribution in [1.82, 2.24) is 19.5 Å².